The van der Waals surface area contributed by atoms with Gasteiger partial charge in [0, 0.05) is 18.8 Å². The minimum Gasteiger partial charge on any atom is -0.321 e. The lowest BCUT2D eigenvalue weighted by Crippen LogP contribution is -2.35. The molecule has 0 atom stereocenters. The summed E-state index contributed by atoms with van der Waals surface area (Å²) >= 11 is 0.846. The molecule has 1 N–H and O–H groups in total. The maximum atomic E-state index is 13.8. The molecule has 0 radical (unpaired) electrons. The maximum Gasteiger partial charge on any atom is 0.416 e. The molecule has 0 bridgehead atoms. The van der Waals surface area contributed by atoms with E-state index in [1.165, 1.54) is 51.3 Å². The third kappa shape index (κ3) is 6.84. The predicted octanol–water partition coefficient (Wildman–Crippen LogP) is 4.85. The fourth-order valence-corrected chi connectivity index (χ4v) is 7.88. The summed E-state index contributed by atoms with van der Waals surface area (Å²) in [6, 6.07) is 17.2. The summed E-state index contributed by atoms with van der Waals surface area (Å²) in [4.78, 5) is 27.4. The van der Waals surface area contributed by atoms with Gasteiger partial charge in [-0.2, -0.15) is 22.7 Å². The van der Waals surface area contributed by atoms with E-state index in [0.29, 0.717) is 29.9 Å². The number of piperidine rings is 1. The van der Waals surface area contributed by atoms with Crippen LogP contribution < -0.4 is 20.1 Å². The van der Waals surface area contributed by atoms with Gasteiger partial charge >= 0.3 is 6.18 Å². The van der Waals surface area contributed by atoms with Crippen LogP contribution in [0, 0.1) is 25.2 Å². The van der Waals surface area contributed by atoms with Crippen molar-refractivity contribution in [1.82, 2.24) is 8.87 Å². The fraction of sp³-hybridized carbons (Fsp3) is 0.242. The summed E-state index contributed by atoms with van der Waals surface area (Å²) in [5.41, 5.74) is 0.683. The normalized spacial score (nSPS) is 15.3. The van der Waals surface area contributed by atoms with Crippen molar-refractivity contribution in [3.63, 3.8) is 0 Å². The van der Waals surface area contributed by atoms with Gasteiger partial charge in [-0.15, -0.1) is 11.3 Å². The minimum atomic E-state index is -4.52. The smallest absolute Gasteiger partial charge is 0.321 e. The van der Waals surface area contributed by atoms with Crippen LogP contribution in [0.3, 0.4) is 0 Å². The zero-order chi connectivity index (χ0) is 33.2. The molecular weight excluding hydrogens is 638 g/mol. The van der Waals surface area contributed by atoms with Gasteiger partial charge in [-0.25, -0.2) is 8.42 Å². The number of amides is 1. The molecule has 3 aromatic carbocycles. The molecule has 0 spiro atoms. The Morgan fingerprint density at radius 3 is 2.33 bits per heavy atom. The summed E-state index contributed by atoms with van der Waals surface area (Å²) in [6.45, 7) is 4.46. The van der Waals surface area contributed by atoms with E-state index in [9.17, 15) is 36.4 Å². The number of hydrogen-bond acceptors (Lipinski definition) is 6. The number of carbonyl (C=O) groups is 1. The molecule has 0 unspecified atom stereocenters. The molecule has 5 rings (SSSR count). The number of hydrogen-bond donors (Lipinski definition) is 1. The zero-order valence-electron chi connectivity index (χ0n) is 24.9. The van der Waals surface area contributed by atoms with E-state index in [1.54, 1.807) is 19.1 Å². The maximum absolute atomic E-state index is 13.8. The van der Waals surface area contributed by atoms with Crippen molar-refractivity contribution in [3.05, 3.63) is 109 Å². The molecule has 1 aromatic heterocycles. The van der Waals surface area contributed by atoms with Crippen molar-refractivity contribution >= 4 is 44.6 Å². The third-order valence-electron chi connectivity index (χ3n) is 7.55. The molecule has 0 saturated carbocycles. The molecular formula is C33H29F3N4O4S2. The van der Waals surface area contributed by atoms with Crippen LogP contribution in [-0.2, 0) is 21.0 Å². The second kappa shape index (κ2) is 13.1. The minimum absolute atomic E-state index is 0.00227. The van der Waals surface area contributed by atoms with Crippen molar-refractivity contribution in [1.29, 1.82) is 5.26 Å². The second-order valence-electron chi connectivity index (χ2n) is 10.9. The lowest BCUT2D eigenvalue weighted by molar-refractivity contribution is -0.137. The highest BCUT2D eigenvalue weighted by molar-refractivity contribution is 7.89. The van der Waals surface area contributed by atoms with Crippen molar-refractivity contribution < 1.29 is 26.4 Å². The van der Waals surface area contributed by atoms with E-state index in [1.807, 2.05) is 19.1 Å². The Labute approximate surface area is 267 Å². The first-order valence-corrected chi connectivity index (χ1v) is 16.6. The molecule has 0 aliphatic carbocycles. The Hall–Kier alpha value is -4.51. The molecule has 1 aliphatic heterocycles. The number of alkyl halides is 3. The second-order valence-corrected chi connectivity index (χ2v) is 13.9. The molecule has 1 aliphatic rings. The molecule has 4 aromatic rings. The molecule has 8 nitrogen and oxygen atoms in total. The highest BCUT2D eigenvalue weighted by atomic mass is 32.2. The van der Waals surface area contributed by atoms with Gasteiger partial charge in [0.1, 0.15) is 10.7 Å². The van der Waals surface area contributed by atoms with Crippen LogP contribution in [0.2, 0.25) is 0 Å². The van der Waals surface area contributed by atoms with Gasteiger partial charge in [0.15, 0.2) is 5.57 Å². The number of nitriles is 1. The first-order chi connectivity index (χ1) is 21.8. The van der Waals surface area contributed by atoms with E-state index in [0.717, 1.165) is 48.3 Å². The molecule has 1 saturated heterocycles. The van der Waals surface area contributed by atoms with Crippen LogP contribution in [0.1, 0.15) is 41.5 Å². The lowest BCUT2D eigenvalue weighted by atomic mass is 10.1. The molecule has 2 heterocycles. The van der Waals surface area contributed by atoms with E-state index in [-0.39, 0.29) is 19.8 Å². The van der Waals surface area contributed by atoms with Gasteiger partial charge in [0.2, 0.25) is 10.0 Å². The number of anilines is 1. The average molecular weight is 667 g/mol. The van der Waals surface area contributed by atoms with Gasteiger partial charge < -0.3 is 5.32 Å². The Kier molecular flexibility index (Phi) is 9.34. The summed E-state index contributed by atoms with van der Waals surface area (Å²) in [5, 5.41) is 12.8. The third-order valence-corrected chi connectivity index (χ3v) is 10.5. The quantitative estimate of drug-likeness (QED) is 0.316. The highest BCUT2D eigenvalue weighted by Gasteiger charge is 2.30. The number of aryl methyl sites for hydroxylation is 2. The van der Waals surface area contributed by atoms with Gasteiger partial charge in [0.25, 0.3) is 11.5 Å². The van der Waals surface area contributed by atoms with Crippen LogP contribution in [0.5, 0.6) is 0 Å². The fourth-order valence-electron chi connectivity index (χ4n) is 5.22. The van der Waals surface area contributed by atoms with Crippen LogP contribution in [0.15, 0.2) is 76.4 Å². The molecule has 1 amide bonds. The topological polar surface area (TPSA) is 112 Å². The standard InChI is InChI=1S/C33H29F3N4O4S2/c1-21-9-14-28(22(2)17-21)40-31(42)29(18-23-10-12-24(13-11-23)33(34,35)36)45-32(40)27(20-37)30(41)38-25-7-6-8-26(19-25)46(43,44)39-15-4-3-5-16-39/h6-14,17-19H,3-5,15-16H2,1-2H3,(H,38,41). The first kappa shape index (κ1) is 32.9. The first-order valence-electron chi connectivity index (χ1n) is 14.3. The number of carbonyl (C=O) groups excluding carboxylic acids is 1. The number of nitrogens with zero attached hydrogens (tertiary/aromatic N) is 3. The number of thiazole rings is 1. The Morgan fingerprint density at radius 2 is 1.70 bits per heavy atom. The van der Waals surface area contributed by atoms with E-state index < -0.39 is 38.8 Å². The molecule has 46 heavy (non-hydrogen) atoms. The van der Waals surface area contributed by atoms with Crippen molar-refractivity contribution in [2.75, 3.05) is 18.4 Å². The van der Waals surface area contributed by atoms with E-state index in [2.05, 4.69) is 5.32 Å². The Balaban J connectivity index is 1.62. The van der Waals surface area contributed by atoms with E-state index >= 15 is 0 Å². The summed E-state index contributed by atoms with van der Waals surface area (Å²) in [5.74, 6) is -0.865. The van der Waals surface area contributed by atoms with Gasteiger partial charge in [0.05, 0.1) is 20.7 Å². The van der Waals surface area contributed by atoms with E-state index in [4.69, 9.17) is 0 Å². The van der Waals surface area contributed by atoms with Gasteiger partial charge in [-0.3, -0.25) is 14.2 Å². The largest absolute Gasteiger partial charge is 0.416 e. The monoisotopic (exact) mass is 666 g/mol. The Bertz CT molecular complexity index is 2140. The summed E-state index contributed by atoms with van der Waals surface area (Å²) in [7, 11) is -3.79. The van der Waals surface area contributed by atoms with Gasteiger partial charge in [-0.1, -0.05) is 42.3 Å². The van der Waals surface area contributed by atoms with Crippen LogP contribution in [0.25, 0.3) is 17.3 Å². The predicted molar refractivity (Wildman–Crippen MR) is 170 cm³/mol. The van der Waals surface area contributed by atoms with Crippen LogP contribution >= 0.6 is 11.3 Å². The van der Waals surface area contributed by atoms with Crippen molar-refractivity contribution in [2.45, 2.75) is 44.2 Å². The number of benzene rings is 3. The van der Waals surface area contributed by atoms with Crippen molar-refractivity contribution in [2.24, 2.45) is 0 Å². The number of nitrogens with one attached hydrogen (secondary N) is 1. The van der Waals surface area contributed by atoms with Crippen molar-refractivity contribution in [3.8, 4) is 11.8 Å². The summed E-state index contributed by atoms with van der Waals surface area (Å²) in [6.07, 6.45) is -0.645. The highest BCUT2D eigenvalue weighted by Crippen LogP contribution is 2.29. The van der Waals surface area contributed by atoms with Crippen LogP contribution in [0.4, 0.5) is 18.9 Å². The lowest BCUT2D eigenvalue weighted by Gasteiger charge is -2.26. The SMILES string of the molecule is Cc1ccc(-n2c(=C(C#N)C(=O)Nc3cccc(S(=O)(=O)N4CCCCC4)c3)sc(=Cc3ccc(C(F)(F)F)cc3)c2=O)c(C)c1. The Morgan fingerprint density at radius 1 is 1.00 bits per heavy atom. The van der Waals surface area contributed by atoms with Gasteiger partial charge in [-0.05, 0) is 80.3 Å². The number of rotatable bonds is 6. The molecule has 238 valence electrons. The number of aromatic nitrogens is 1. The average Bonchev–Trinajstić information content (AvgIpc) is 3.32. The molecule has 13 heteroatoms. The number of halogens is 3. The molecule has 1 fully saturated rings. The zero-order valence-corrected chi connectivity index (χ0v) is 26.5. The number of sulfonamides is 1. The van der Waals surface area contributed by atoms with Crippen LogP contribution in [-0.4, -0.2) is 36.3 Å². The summed E-state index contributed by atoms with van der Waals surface area (Å²) < 4.78 is 68.4.